The number of rotatable bonds is 4. The third-order valence-corrected chi connectivity index (χ3v) is 4.39. The molecule has 1 fully saturated rings. The molecule has 2 atom stereocenters. The van der Waals surface area contributed by atoms with E-state index in [0.717, 1.165) is 22.7 Å². The Morgan fingerprint density at radius 2 is 1.79 bits per heavy atom. The number of hydrogen-bond acceptors (Lipinski definition) is 5. The molecule has 0 bridgehead atoms. The highest BCUT2D eigenvalue weighted by molar-refractivity contribution is 6.05. The van der Waals surface area contributed by atoms with Crippen LogP contribution in [-0.4, -0.2) is 33.0 Å². The Hall–Kier alpha value is -2.73. The predicted molar refractivity (Wildman–Crippen MR) is 86.6 cm³/mol. The maximum atomic E-state index is 12.5. The van der Waals surface area contributed by atoms with Crippen molar-refractivity contribution in [2.45, 2.75) is 12.1 Å². The first-order valence-corrected chi connectivity index (χ1v) is 7.62. The van der Waals surface area contributed by atoms with Crippen molar-refractivity contribution in [1.29, 1.82) is 0 Å². The number of carbonyl (C=O) groups is 1. The Kier molecular flexibility index (Phi) is 3.54. The topological polar surface area (TPSA) is 57.2 Å². The Morgan fingerprint density at radius 3 is 2.50 bits per heavy atom. The summed E-state index contributed by atoms with van der Waals surface area (Å²) in [4.78, 5) is 14.2. The van der Waals surface area contributed by atoms with Crippen molar-refractivity contribution >= 4 is 11.6 Å². The van der Waals surface area contributed by atoms with Gasteiger partial charge >= 0.3 is 0 Å². The molecule has 6 heteroatoms. The Bertz CT molecular complexity index is 773. The van der Waals surface area contributed by atoms with Gasteiger partial charge in [0, 0.05) is 12.8 Å². The average Bonchev–Trinajstić information content (AvgIpc) is 3.08. The molecule has 0 aliphatic carbocycles. The lowest BCUT2D eigenvalue weighted by Crippen LogP contribution is -2.59. The second-order valence-electron chi connectivity index (χ2n) is 5.62. The van der Waals surface area contributed by atoms with Crippen LogP contribution in [0.2, 0.25) is 0 Å². The number of ether oxygens (including phenoxy) is 4. The fourth-order valence-corrected chi connectivity index (χ4v) is 3.14. The van der Waals surface area contributed by atoms with Crippen LogP contribution in [0.25, 0.3) is 0 Å². The van der Waals surface area contributed by atoms with Gasteiger partial charge in [-0.05, 0) is 42.0 Å². The van der Waals surface area contributed by atoms with Gasteiger partial charge < -0.3 is 18.9 Å². The molecule has 2 aliphatic heterocycles. The van der Waals surface area contributed by atoms with E-state index in [2.05, 4.69) is 0 Å². The van der Waals surface area contributed by atoms with E-state index < -0.39 is 6.10 Å². The Morgan fingerprint density at radius 1 is 1.04 bits per heavy atom. The lowest BCUT2D eigenvalue weighted by molar-refractivity contribution is -0.139. The van der Waals surface area contributed by atoms with Crippen LogP contribution in [-0.2, 0) is 9.53 Å². The van der Waals surface area contributed by atoms with Gasteiger partial charge in [-0.1, -0.05) is 6.07 Å². The molecule has 0 radical (unpaired) electrons. The van der Waals surface area contributed by atoms with Crippen molar-refractivity contribution < 1.29 is 23.7 Å². The summed E-state index contributed by atoms with van der Waals surface area (Å²) in [6.07, 6.45) is -0.507. The second kappa shape index (κ2) is 5.72. The molecule has 2 aliphatic rings. The van der Waals surface area contributed by atoms with Crippen LogP contribution in [0, 0.1) is 0 Å². The minimum Gasteiger partial charge on any atom is -0.497 e. The molecule has 1 saturated heterocycles. The fourth-order valence-electron chi connectivity index (χ4n) is 3.14. The molecule has 1 amide bonds. The molecule has 6 nitrogen and oxygen atoms in total. The molecule has 0 unspecified atom stereocenters. The number of benzene rings is 2. The summed E-state index contributed by atoms with van der Waals surface area (Å²) in [5, 5.41) is 0. The van der Waals surface area contributed by atoms with Gasteiger partial charge in [-0.25, -0.2) is 0 Å². The van der Waals surface area contributed by atoms with Crippen molar-refractivity contribution in [1.82, 2.24) is 0 Å². The maximum absolute atomic E-state index is 12.5. The quantitative estimate of drug-likeness (QED) is 0.808. The summed E-state index contributed by atoms with van der Waals surface area (Å²) in [6.45, 7) is 0.221. The molecule has 124 valence electrons. The molecule has 0 aromatic heterocycles. The van der Waals surface area contributed by atoms with Crippen molar-refractivity contribution in [3.05, 3.63) is 48.0 Å². The first-order valence-electron chi connectivity index (χ1n) is 7.62. The third kappa shape index (κ3) is 2.18. The largest absolute Gasteiger partial charge is 0.497 e. The summed E-state index contributed by atoms with van der Waals surface area (Å²) >= 11 is 0. The van der Waals surface area contributed by atoms with Gasteiger partial charge in [0.15, 0.2) is 17.6 Å². The minimum atomic E-state index is -0.507. The summed E-state index contributed by atoms with van der Waals surface area (Å²) in [7, 11) is 3.16. The van der Waals surface area contributed by atoms with Gasteiger partial charge in [-0.2, -0.15) is 0 Å². The fraction of sp³-hybridized carbons (Fsp3) is 0.278. The molecular formula is C18H17NO5. The van der Waals surface area contributed by atoms with E-state index in [4.69, 9.17) is 18.9 Å². The molecular weight excluding hydrogens is 310 g/mol. The highest BCUT2D eigenvalue weighted by atomic mass is 16.7. The van der Waals surface area contributed by atoms with Gasteiger partial charge in [-0.15, -0.1) is 0 Å². The number of methoxy groups -OCH3 is 2. The smallest absolute Gasteiger partial charge is 0.259 e. The van der Waals surface area contributed by atoms with E-state index >= 15 is 0 Å². The van der Waals surface area contributed by atoms with Gasteiger partial charge in [-0.3, -0.25) is 9.69 Å². The highest BCUT2D eigenvalue weighted by Gasteiger charge is 2.49. The molecule has 2 heterocycles. The number of carbonyl (C=O) groups excluding carboxylic acids is 1. The number of fused-ring (bicyclic) bond motifs is 1. The number of nitrogens with zero attached hydrogens (tertiary/aromatic N) is 1. The van der Waals surface area contributed by atoms with Crippen LogP contribution < -0.4 is 19.1 Å². The van der Waals surface area contributed by atoms with Crippen LogP contribution in [0.15, 0.2) is 42.5 Å². The highest BCUT2D eigenvalue weighted by Crippen LogP contribution is 2.44. The van der Waals surface area contributed by atoms with E-state index in [1.54, 1.807) is 19.1 Å². The minimum absolute atomic E-state index is 0.0645. The van der Waals surface area contributed by atoms with Crippen molar-refractivity contribution in [3.8, 4) is 17.2 Å². The third-order valence-electron chi connectivity index (χ3n) is 4.39. The Balaban J connectivity index is 1.69. The molecule has 0 spiro atoms. The average molecular weight is 327 g/mol. The van der Waals surface area contributed by atoms with Crippen LogP contribution in [0.4, 0.5) is 5.69 Å². The van der Waals surface area contributed by atoms with Crippen LogP contribution in [0.3, 0.4) is 0 Å². The summed E-state index contributed by atoms with van der Waals surface area (Å²) in [5.41, 5.74) is 1.75. The van der Waals surface area contributed by atoms with E-state index in [9.17, 15) is 4.79 Å². The molecule has 0 saturated carbocycles. The lowest BCUT2D eigenvalue weighted by atomic mass is 9.89. The van der Waals surface area contributed by atoms with Gasteiger partial charge in [0.05, 0.1) is 13.2 Å². The second-order valence-corrected chi connectivity index (χ2v) is 5.62. The molecule has 4 rings (SSSR count). The van der Waals surface area contributed by atoms with Gasteiger partial charge in [0.1, 0.15) is 5.75 Å². The summed E-state index contributed by atoms with van der Waals surface area (Å²) in [6, 6.07) is 12.9. The van der Waals surface area contributed by atoms with Crippen molar-refractivity contribution in [2.24, 2.45) is 0 Å². The maximum Gasteiger partial charge on any atom is 0.259 e. The molecule has 24 heavy (non-hydrogen) atoms. The van der Waals surface area contributed by atoms with Crippen molar-refractivity contribution in [3.63, 3.8) is 0 Å². The first-order chi connectivity index (χ1) is 11.7. The summed E-state index contributed by atoms with van der Waals surface area (Å²) < 4.78 is 21.4. The monoisotopic (exact) mass is 327 g/mol. The van der Waals surface area contributed by atoms with Gasteiger partial charge in [0.2, 0.25) is 6.79 Å². The van der Waals surface area contributed by atoms with Crippen LogP contribution >= 0.6 is 0 Å². The summed E-state index contributed by atoms with van der Waals surface area (Å²) in [5.74, 6) is 2.09. The van der Waals surface area contributed by atoms with Crippen LogP contribution in [0.5, 0.6) is 17.2 Å². The zero-order chi connectivity index (χ0) is 16.7. The van der Waals surface area contributed by atoms with E-state index in [1.807, 2.05) is 42.5 Å². The van der Waals surface area contributed by atoms with E-state index in [1.165, 1.54) is 0 Å². The number of anilines is 1. The molecule has 2 aromatic carbocycles. The lowest BCUT2D eigenvalue weighted by Gasteiger charge is -2.46. The SMILES string of the molecule is COc1ccc(N2C(=O)[C@@H](OC)[C@@H]2c2ccc3c(c2)OCO3)cc1. The predicted octanol–water partition coefficient (Wildman–Crippen LogP) is 2.53. The van der Waals surface area contributed by atoms with Gasteiger partial charge in [0.25, 0.3) is 5.91 Å². The number of β-lactam (4-membered cyclic amide) rings is 1. The Labute approximate surface area is 139 Å². The van der Waals surface area contributed by atoms with E-state index in [-0.39, 0.29) is 18.7 Å². The van der Waals surface area contributed by atoms with E-state index in [0.29, 0.717) is 5.75 Å². The number of amides is 1. The van der Waals surface area contributed by atoms with Crippen LogP contribution in [0.1, 0.15) is 11.6 Å². The van der Waals surface area contributed by atoms with Crippen molar-refractivity contribution in [2.75, 3.05) is 25.9 Å². The zero-order valence-electron chi connectivity index (χ0n) is 13.4. The normalized spacial score (nSPS) is 21.6. The zero-order valence-corrected chi connectivity index (χ0v) is 13.4. The standard InChI is InChI=1S/C18H17NO5/c1-21-13-6-4-12(5-7-13)19-16(17(22-2)18(19)20)11-3-8-14-15(9-11)24-10-23-14/h3-9,16-17H,10H2,1-2H3/t16-,17-/m0/s1. The first kappa shape index (κ1) is 14.8. The molecule has 2 aromatic rings. The molecule has 0 N–H and O–H groups in total. The number of hydrogen-bond donors (Lipinski definition) is 0.